The molecule has 0 radical (unpaired) electrons. The Morgan fingerprint density at radius 3 is 2.33 bits per heavy atom. The number of nitrogens with zero attached hydrogens (tertiary/aromatic N) is 1. The average Bonchev–Trinajstić information content (AvgIpc) is 2.39. The molecule has 0 bridgehead atoms. The molecule has 0 fully saturated rings. The van der Waals surface area contributed by atoms with Crippen molar-refractivity contribution in [1.82, 2.24) is 5.32 Å². The van der Waals surface area contributed by atoms with Crippen molar-refractivity contribution in [2.24, 2.45) is 0 Å². The van der Waals surface area contributed by atoms with Crippen LogP contribution in [-0.2, 0) is 10.8 Å². The summed E-state index contributed by atoms with van der Waals surface area (Å²) in [6.07, 6.45) is 0.885. The van der Waals surface area contributed by atoms with Crippen molar-refractivity contribution in [1.29, 1.82) is 0 Å². The van der Waals surface area contributed by atoms with Gasteiger partial charge < -0.3 is 5.32 Å². The molecule has 1 aromatic rings. The highest BCUT2D eigenvalue weighted by atomic mass is 32.2. The molecule has 0 heterocycles. The average molecular weight is 270 g/mol. The Hall–Kier alpha value is -1.27. The molecule has 1 rings (SSSR count). The molecule has 0 saturated heterocycles. The highest BCUT2D eigenvalue weighted by Crippen LogP contribution is 2.18. The van der Waals surface area contributed by atoms with Crippen molar-refractivity contribution in [3.05, 3.63) is 34.4 Å². The van der Waals surface area contributed by atoms with Gasteiger partial charge in [0.1, 0.15) is 0 Å². The second kappa shape index (κ2) is 6.61. The molecule has 0 aliphatic rings. The predicted octanol–water partition coefficient (Wildman–Crippen LogP) is 2.09. The molecule has 0 aliphatic heterocycles. The Bertz CT molecular complexity index is 429. The van der Waals surface area contributed by atoms with Gasteiger partial charge in [-0.15, -0.1) is 0 Å². The molecular weight excluding hydrogens is 252 g/mol. The van der Waals surface area contributed by atoms with E-state index in [0.717, 1.165) is 6.42 Å². The van der Waals surface area contributed by atoms with Gasteiger partial charge in [-0.2, -0.15) is 0 Å². The summed E-state index contributed by atoms with van der Waals surface area (Å²) < 4.78 is 12.3. The van der Waals surface area contributed by atoms with Gasteiger partial charge in [0.05, 0.1) is 21.0 Å². The smallest absolute Gasteiger partial charge is 0.269 e. The second-order valence-corrected chi connectivity index (χ2v) is 5.87. The van der Waals surface area contributed by atoms with Crippen molar-refractivity contribution >= 4 is 16.5 Å². The van der Waals surface area contributed by atoms with Gasteiger partial charge in [0.25, 0.3) is 5.69 Å². The van der Waals surface area contributed by atoms with Gasteiger partial charge in [0.2, 0.25) is 0 Å². The van der Waals surface area contributed by atoms with E-state index in [-0.39, 0.29) is 17.0 Å². The molecule has 0 spiro atoms. The van der Waals surface area contributed by atoms with E-state index < -0.39 is 15.7 Å². The second-order valence-electron chi connectivity index (χ2n) is 4.06. The van der Waals surface area contributed by atoms with Gasteiger partial charge in [-0.1, -0.05) is 6.92 Å². The van der Waals surface area contributed by atoms with Crippen LogP contribution in [-0.4, -0.2) is 27.5 Å². The minimum absolute atomic E-state index is 0.0176. The molecule has 18 heavy (non-hydrogen) atoms. The Kier molecular flexibility index (Phi) is 5.43. The lowest BCUT2D eigenvalue weighted by atomic mass is 10.2. The summed E-state index contributed by atoms with van der Waals surface area (Å²) in [6.45, 7) is 3.95. The van der Waals surface area contributed by atoms with Crippen LogP contribution in [0.3, 0.4) is 0 Å². The third-order valence-corrected chi connectivity index (χ3v) is 4.74. The fourth-order valence-corrected chi connectivity index (χ4v) is 3.30. The molecule has 0 aromatic heterocycles. The SMILES string of the molecule is CCC(NC)C(C)S(=O)c1ccc([N+](=O)[O-])cc1. The Morgan fingerprint density at radius 2 is 1.94 bits per heavy atom. The minimum atomic E-state index is -1.16. The Labute approximate surface area is 109 Å². The summed E-state index contributed by atoms with van der Waals surface area (Å²) in [4.78, 5) is 10.7. The fraction of sp³-hybridized carbons (Fsp3) is 0.500. The van der Waals surface area contributed by atoms with Gasteiger partial charge in [-0.05, 0) is 32.5 Å². The van der Waals surface area contributed by atoms with Crippen molar-refractivity contribution in [2.75, 3.05) is 7.05 Å². The Morgan fingerprint density at radius 1 is 1.39 bits per heavy atom. The molecule has 0 saturated carbocycles. The molecule has 1 N–H and O–H groups in total. The highest BCUT2D eigenvalue weighted by molar-refractivity contribution is 7.85. The van der Waals surface area contributed by atoms with E-state index in [1.165, 1.54) is 12.1 Å². The van der Waals surface area contributed by atoms with Gasteiger partial charge in [0.15, 0.2) is 0 Å². The van der Waals surface area contributed by atoms with E-state index in [0.29, 0.717) is 4.90 Å². The van der Waals surface area contributed by atoms with Gasteiger partial charge >= 0.3 is 0 Å². The molecule has 3 unspecified atom stereocenters. The number of nitro groups is 1. The van der Waals surface area contributed by atoms with Crippen LogP contribution in [0.15, 0.2) is 29.2 Å². The molecule has 3 atom stereocenters. The van der Waals surface area contributed by atoms with Crippen LogP contribution in [0.5, 0.6) is 0 Å². The van der Waals surface area contributed by atoms with Crippen LogP contribution < -0.4 is 5.32 Å². The predicted molar refractivity (Wildman–Crippen MR) is 72.1 cm³/mol. The van der Waals surface area contributed by atoms with Crippen molar-refractivity contribution < 1.29 is 9.13 Å². The van der Waals surface area contributed by atoms with E-state index in [2.05, 4.69) is 5.32 Å². The highest BCUT2D eigenvalue weighted by Gasteiger charge is 2.21. The molecule has 6 heteroatoms. The minimum Gasteiger partial charge on any atom is -0.316 e. The van der Waals surface area contributed by atoms with Crippen molar-refractivity contribution in [3.63, 3.8) is 0 Å². The maximum atomic E-state index is 12.3. The summed E-state index contributed by atoms with van der Waals surface area (Å²) in [5.74, 6) is 0. The molecular formula is C12H18N2O3S. The number of hydrogen-bond donors (Lipinski definition) is 1. The third-order valence-electron chi connectivity index (χ3n) is 2.99. The first-order chi connectivity index (χ1) is 8.51. The van der Waals surface area contributed by atoms with Crippen LogP contribution in [0, 0.1) is 10.1 Å². The van der Waals surface area contributed by atoms with Gasteiger partial charge in [-0.25, -0.2) is 0 Å². The number of nitrogens with one attached hydrogen (secondary N) is 1. The van der Waals surface area contributed by atoms with E-state index in [1.807, 2.05) is 20.9 Å². The van der Waals surface area contributed by atoms with Crippen LogP contribution >= 0.6 is 0 Å². The molecule has 100 valence electrons. The van der Waals surface area contributed by atoms with Crippen LogP contribution in [0.2, 0.25) is 0 Å². The monoisotopic (exact) mass is 270 g/mol. The number of nitro benzene ring substituents is 1. The summed E-state index contributed by atoms with van der Waals surface area (Å²) >= 11 is 0. The number of benzene rings is 1. The summed E-state index contributed by atoms with van der Waals surface area (Å²) in [6, 6.07) is 6.07. The van der Waals surface area contributed by atoms with E-state index in [1.54, 1.807) is 12.1 Å². The van der Waals surface area contributed by atoms with E-state index >= 15 is 0 Å². The fourth-order valence-electron chi connectivity index (χ4n) is 1.84. The lowest BCUT2D eigenvalue weighted by Crippen LogP contribution is -2.37. The molecule has 5 nitrogen and oxygen atoms in total. The zero-order chi connectivity index (χ0) is 13.7. The largest absolute Gasteiger partial charge is 0.316 e. The van der Waals surface area contributed by atoms with Crippen molar-refractivity contribution in [3.8, 4) is 0 Å². The first-order valence-electron chi connectivity index (χ1n) is 5.83. The molecule has 0 amide bonds. The van der Waals surface area contributed by atoms with Crippen LogP contribution in [0.25, 0.3) is 0 Å². The zero-order valence-electron chi connectivity index (χ0n) is 10.8. The van der Waals surface area contributed by atoms with Crippen LogP contribution in [0.1, 0.15) is 20.3 Å². The summed E-state index contributed by atoms with van der Waals surface area (Å²) in [5, 5.41) is 13.6. The molecule has 0 aliphatic carbocycles. The van der Waals surface area contributed by atoms with E-state index in [9.17, 15) is 14.3 Å². The lowest BCUT2D eigenvalue weighted by Gasteiger charge is -2.21. The third kappa shape index (κ3) is 3.36. The lowest BCUT2D eigenvalue weighted by molar-refractivity contribution is -0.384. The maximum absolute atomic E-state index is 12.3. The normalized spacial score (nSPS) is 15.9. The topological polar surface area (TPSA) is 72.2 Å². The quantitative estimate of drug-likeness (QED) is 0.634. The number of hydrogen-bond acceptors (Lipinski definition) is 4. The summed E-state index contributed by atoms with van der Waals surface area (Å²) in [5.41, 5.74) is 0.0176. The number of non-ortho nitro benzene ring substituents is 1. The first-order valence-corrected chi connectivity index (χ1v) is 7.04. The summed E-state index contributed by atoms with van der Waals surface area (Å²) in [7, 11) is 0.680. The van der Waals surface area contributed by atoms with E-state index in [4.69, 9.17) is 0 Å². The van der Waals surface area contributed by atoms with Crippen LogP contribution in [0.4, 0.5) is 5.69 Å². The zero-order valence-corrected chi connectivity index (χ0v) is 11.6. The Balaban J connectivity index is 2.87. The van der Waals surface area contributed by atoms with Gasteiger partial charge in [-0.3, -0.25) is 14.3 Å². The standard InChI is InChI=1S/C12H18N2O3S/c1-4-12(13-3)9(2)18(17)11-7-5-10(6-8-11)14(15)16/h5-9,12-13H,4H2,1-3H3. The van der Waals surface area contributed by atoms with Gasteiger partial charge in [0, 0.05) is 23.1 Å². The maximum Gasteiger partial charge on any atom is 0.269 e. The molecule has 1 aromatic carbocycles. The van der Waals surface area contributed by atoms with Crippen molar-refractivity contribution in [2.45, 2.75) is 36.5 Å². The first kappa shape index (κ1) is 14.8. The number of rotatable bonds is 6.